The number of phenolic OH excluding ortho intramolecular Hbond substituents is 1. The molecular weight excluding hydrogens is 554 g/mol. The molecule has 1 aromatic heterocycles. The number of nitrogens with zero attached hydrogens (tertiary/aromatic N) is 5. The summed E-state index contributed by atoms with van der Waals surface area (Å²) in [5.41, 5.74) is 3.53. The van der Waals surface area contributed by atoms with Gasteiger partial charge in [-0.1, -0.05) is 25.1 Å². The zero-order valence-corrected chi connectivity index (χ0v) is 26.1. The van der Waals surface area contributed by atoms with E-state index in [0.717, 1.165) is 98.2 Å². The average molecular weight is 600 g/mol. The molecule has 0 bridgehead atoms. The molecule has 234 valence electrons. The van der Waals surface area contributed by atoms with E-state index in [9.17, 15) is 15.0 Å². The van der Waals surface area contributed by atoms with Crippen LogP contribution < -0.4 is 9.64 Å². The molecule has 3 fully saturated rings. The van der Waals surface area contributed by atoms with Crippen molar-refractivity contribution in [2.45, 2.75) is 65.5 Å². The van der Waals surface area contributed by atoms with E-state index >= 15 is 0 Å². The molecule has 1 unspecified atom stereocenters. The van der Waals surface area contributed by atoms with Crippen LogP contribution in [-0.4, -0.2) is 81.8 Å². The minimum Gasteiger partial charge on any atom is -0.508 e. The number of ether oxygens (including phenoxy) is 1. The Hall–Kier alpha value is -3.43. The first-order valence-corrected chi connectivity index (χ1v) is 16.4. The van der Waals surface area contributed by atoms with Crippen LogP contribution >= 0.6 is 0 Å². The van der Waals surface area contributed by atoms with Gasteiger partial charge in [-0.3, -0.25) is 4.79 Å². The van der Waals surface area contributed by atoms with Gasteiger partial charge >= 0.3 is 6.01 Å². The maximum absolute atomic E-state index is 14.1. The number of likely N-dealkylation sites (tertiary alicyclic amines) is 1. The zero-order chi connectivity index (χ0) is 30.4. The fraction of sp³-hybridized carbons (Fsp3) is 0.571. The SMILES string of the molecule is Cc1cccc2cc(O)cc(C(=O)N3Cc4nc(OCC5(CN6CCC(CO)CC6)CC5)nc(N5CCCC(C)C5)c4C3)c12. The Balaban J connectivity index is 1.13. The number of rotatable bonds is 8. The van der Waals surface area contributed by atoms with E-state index in [2.05, 4.69) is 16.7 Å². The Morgan fingerprint density at radius 2 is 1.91 bits per heavy atom. The van der Waals surface area contributed by atoms with Crippen LogP contribution in [0.25, 0.3) is 10.8 Å². The summed E-state index contributed by atoms with van der Waals surface area (Å²) in [6, 6.07) is 9.61. The number of anilines is 1. The molecule has 2 saturated heterocycles. The first-order valence-electron chi connectivity index (χ1n) is 16.4. The number of fused-ring (bicyclic) bond motifs is 2. The van der Waals surface area contributed by atoms with Gasteiger partial charge in [0.1, 0.15) is 11.6 Å². The summed E-state index contributed by atoms with van der Waals surface area (Å²) in [7, 11) is 0. The van der Waals surface area contributed by atoms with Crippen LogP contribution in [0.1, 0.15) is 72.6 Å². The number of phenols is 1. The third-order valence-electron chi connectivity index (χ3n) is 10.4. The summed E-state index contributed by atoms with van der Waals surface area (Å²) in [5, 5.41) is 21.7. The van der Waals surface area contributed by atoms with Crippen LogP contribution in [0.5, 0.6) is 11.8 Å². The molecule has 9 heteroatoms. The number of aliphatic hydroxyl groups is 1. The number of aromatic hydroxyl groups is 1. The van der Waals surface area contributed by atoms with E-state index in [1.54, 1.807) is 12.1 Å². The number of amides is 1. The van der Waals surface area contributed by atoms with Gasteiger partial charge in [0.2, 0.25) is 0 Å². The minimum absolute atomic E-state index is 0.0911. The predicted molar refractivity (Wildman–Crippen MR) is 170 cm³/mol. The van der Waals surface area contributed by atoms with E-state index < -0.39 is 0 Å². The highest BCUT2D eigenvalue weighted by Gasteiger charge is 2.45. The normalized spacial score (nSPS) is 21.9. The van der Waals surface area contributed by atoms with E-state index in [1.165, 1.54) is 6.42 Å². The van der Waals surface area contributed by atoms with Gasteiger partial charge in [-0.05, 0) is 98.8 Å². The second-order valence-electron chi connectivity index (χ2n) is 14.0. The number of aryl methyl sites for hydroxylation is 1. The molecule has 0 radical (unpaired) electrons. The van der Waals surface area contributed by atoms with Crippen molar-refractivity contribution in [1.82, 2.24) is 19.8 Å². The quantitative estimate of drug-likeness (QED) is 0.377. The summed E-state index contributed by atoms with van der Waals surface area (Å²) in [5.74, 6) is 1.90. The molecule has 2 aromatic carbocycles. The topological polar surface area (TPSA) is 102 Å². The Kier molecular flexibility index (Phi) is 7.87. The number of hydrogen-bond acceptors (Lipinski definition) is 8. The van der Waals surface area contributed by atoms with Gasteiger partial charge in [0.15, 0.2) is 0 Å². The number of aromatic nitrogens is 2. The van der Waals surface area contributed by atoms with Crippen LogP contribution in [0.3, 0.4) is 0 Å². The molecule has 4 heterocycles. The summed E-state index contributed by atoms with van der Waals surface area (Å²) in [6.45, 7) is 11.0. The zero-order valence-electron chi connectivity index (χ0n) is 26.1. The van der Waals surface area contributed by atoms with Crippen molar-refractivity contribution in [2.24, 2.45) is 17.3 Å². The van der Waals surface area contributed by atoms with Gasteiger partial charge in [-0.2, -0.15) is 9.97 Å². The van der Waals surface area contributed by atoms with Gasteiger partial charge in [-0.25, -0.2) is 0 Å². The predicted octanol–water partition coefficient (Wildman–Crippen LogP) is 4.90. The number of aliphatic hydroxyl groups excluding tert-OH is 1. The van der Waals surface area contributed by atoms with Gasteiger partial charge < -0.3 is 29.6 Å². The van der Waals surface area contributed by atoms with Crippen molar-refractivity contribution in [2.75, 3.05) is 50.8 Å². The fourth-order valence-corrected chi connectivity index (χ4v) is 7.55. The highest BCUT2D eigenvalue weighted by atomic mass is 16.5. The molecule has 1 amide bonds. The van der Waals surface area contributed by atoms with Crippen LogP contribution in [0, 0.1) is 24.2 Å². The maximum atomic E-state index is 14.1. The summed E-state index contributed by atoms with van der Waals surface area (Å²) < 4.78 is 6.42. The molecule has 0 spiro atoms. The van der Waals surface area contributed by atoms with Crippen molar-refractivity contribution < 1.29 is 19.7 Å². The van der Waals surface area contributed by atoms with Crippen molar-refractivity contribution in [1.29, 1.82) is 0 Å². The average Bonchev–Trinajstić information content (AvgIpc) is 3.65. The lowest BCUT2D eigenvalue weighted by Crippen LogP contribution is -2.40. The molecule has 7 rings (SSSR count). The maximum Gasteiger partial charge on any atom is 0.318 e. The van der Waals surface area contributed by atoms with Crippen molar-refractivity contribution in [3.63, 3.8) is 0 Å². The number of carbonyl (C=O) groups excluding carboxylic acids is 1. The lowest BCUT2D eigenvalue weighted by atomic mass is 9.96. The molecule has 9 nitrogen and oxygen atoms in total. The Morgan fingerprint density at radius 3 is 2.66 bits per heavy atom. The van der Waals surface area contributed by atoms with Crippen molar-refractivity contribution in [3.8, 4) is 11.8 Å². The van der Waals surface area contributed by atoms with E-state index in [-0.39, 0.29) is 17.1 Å². The van der Waals surface area contributed by atoms with Crippen molar-refractivity contribution in [3.05, 3.63) is 52.7 Å². The monoisotopic (exact) mass is 599 g/mol. The van der Waals surface area contributed by atoms with Gasteiger partial charge in [0, 0.05) is 37.2 Å². The van der Waals surface area contributed by atoms with E-state index in [1.807, 2.05) is 30.0 Å². The van der Waals surface area contributed by atoms with Gasteiger partial charge in [-0.15, -0.1) is 0 Å². The second-order valence-corrected chi connectivity index (χ2v) is 14.0. The molecule has 1 atom stereocenters. The van der Waals surface area contributed by atoms with Crippen LogP contribution in [-0.2, 0) is 13.1 Å². The third-order valence-corrected chi connectivity index (χ3v) is 10.4. The number of hydrogen-bond donors (Lipinski definition) is 2. The van der Waals surface area contributed by atoms with Gasteiger partial charge in [0.25, 0.3) is 5.91 Å². The highest BCUT2D eigenvalue weighted by molar-refractivity contribution is 6.09. The summed E-state index contributed by atoms with van der Waals surface area (Å²) in [6.07, 6.45) is 6.74. The number of piperidine rings is 2. The molecule has 1 aliphatic carbocycles. The molecule has 3 aliphatic heterocycles. The Morgan fingerprint density at radius 1 is 1.09 bits per heavy atom. The molecular formula is C35H45N5O4. The largest absolute Gasteiger partial charge is 0.508 e. The van der Waals surface area contributed by atoms with Crippen LogP contribution in [0.15, 0.2) is 30.3 Å². The first kappa shape index (κ1) is 29.3. The van der Waals surface area contributed by atoms with Crippen LogP contribution in [0.4, 0.5) is 5.82 Å². The standard InChI is InChI=1S/C35H45N5O4/c1-23-5-4-12-39(17-23)32-29-18-40(33(43)28-16-27(42)15-26-7-3-6-24(2)31(26)28)19-30(29)36-34(37-32)44-22-35(10-11-35)21-38-13-8-25(20-41)9-14-38/h3,6-7,15-16,23,25,41-42H,4-5,8-14,17-22H2,1-2H3. The van der Waals surface area contributed by atoms with E-state index in [0.29, 0.717) is 49.7 Å². The summed E-state index contributed by atoms with van der Waals surface area (Å²) in [4.78, 5) is 30.7. The lowest BCUT2D eigenvalue weighted by molar-refractivity contribution is 0.0751. The summed E-state index contributed by atoms with van der Waals surface area (Å²) >= 11 is 0. The van der Waals surface area contributed by atoms with Crippen LogP contribution in [0.2, 0.25) is 0 Å². The van der Waals surface area contributed by atoms with E-state index in [4.69, 9.17) is 14.7 Å². The molecule has 44 heavy (non-hydrogen) atoms. The lowest BCUT2D eigenvalue weighted by Gasteiger charge is -2.34. The Bertz CT molecular complexity index is 1550. The minimum atomic E-state index is -0.111. The Labute approximate surface area is 259 Å². The van der Waals surface area contributed by atoms with Gasteiger partial charge in [0.05, 0.1) is 31.0 Å². The highest BCUT2D eigenvalue weighted by Crippen LogP contribution is 2.47. The number of carbonyl (C=O) groups is 1. The molecule has 4 aliphatic rings. The van der Waals surface area contributed by atoms with Crippen molar-refractivity contribution >= 4 is 22.5 Å². The third kappa shape index (κ3) is 5.84. The molecule has 3 aromatic rings. The smallest absolute Gasteiger partial charge is 0.318 e. The number of benzene rings is 2. The molecule has 1 saturated carbocycles. The fourth-order valence-electron chi connectivity index (χ4n) is 7.55. The second kappa shape index (κ2) is 11.8. The first-order chi connectivity index (χ1) is 21.3. The molecule has 2 N–H and O–H groups in total.